The first-order valence-corrected chi connectivity index (χ1v) is 18.8. The zero-order chi connectivity index (χ0) is 20.2. The van der Waals surface area contributed by atoms with Crippen LogP contribution in [0.25, 0.3) is 0 Å². The number of aromatic nitrogens is 2. The molecular weight excluding hydrogens is 469 g/mol. The highest BCUT2D eigenvalue weighted by molar-refractivity contribution is 9.18. The fourth-order valence-corrected chi connectivity index (χ4v) is 10.6. The Morgan fingerprint density at radius 3 is 1.30 bits per heavy atom. The third-order valence-corrected chi connectivity index (χ3v) is 16.0. The molecule has 0 fully saturated rings. The molecule has 0 radical (unpaired) electrons. The summed E-state index contributed by atoms with van der Waals surface area (Å²) < 4.78 is 1.95. The molecule has 1 aromatic heterocycles. The second-order valence-corrected chi connectivity index (χ2v) is 22.1. The first kappa shape index (κ1) is 26.7. The van der Waals surface area contributed by atoms with Gasteiger partial charge in [-0.1, -0.05) is 106 Å². The zero-order valence-corrected chi connectivity index (χ0v) is 22.8. The molecule has 0 atom stereocenters. The van der Waals surface area contributed by atoms with Crippen molar-refractivity contribution in [3.8, 4) is 0 Å². The predicted octanol–water partition coefficient (Wildman–Crippen LogP) is 8.97. The Morgan fingerprint density at radius 2 is 0.926 bits per heavy atom. The normalized spacial score (nSPS) is 13.9. The molecule has 0 bridgehead atoms. The minimum atomic E-state index is -1.45. The van der Waals surface area contributed by atoms with Crippen LogP contribution in [0.2, 0.25) is 0 Å². The molecule has 162 valence electrons. The molecule has 0 aliphatic carbocycles. The molecule has 0 amide bonds. The largest absolute Gasteiger partial charge is 0.175 e. The van der Waals surface area contributed by atoms with Crippen LogP contribution in [0.4, 0.5) is 0 Å². The standard InChI is InChI=1S/C18H38N2S7/c1-3-5-7-9-11-13-15-26(21,22)17-19-20-18(25-17)27(23,24)16-14-12-10-8-6-4-2/h21-24H,3-16H2,1-2H3. The molecule has 0 aromatic carbocycles. The smallest absolute Gasteiger partial charge is 0.131 e. The molecule has 27 heavy (non-hydrogen) atoms. The van der Waals surface area contributed by atoms with Crippen molar-refractivity contribution in [2.75, 3.05) is 11.5 Å². The minimum Gasteiger partial charge on any atom is -0.131 e. The maximum atomic E-state index is 4.86. The summed E-state index contributed by atoms with van der Waals surface area (Å²) in [7, 11) is -2.90. The molecule has 1 heterocycles. The topological polar surface area (TPSA) is 25.8 Å². The van der Waals surface area contributed by atoms with Crippen molar-refractivity contribution in [2.45, 2.75) is 99.6 Å². The van der Waals surface area contributed by atoms with Crippen molar-refractivity contribution in [1.29, 1.82) is 0 Å². The van der Waals surface area contributed by atoms with Crippen LogP contribution < -0.4 is 0 Å². The summed E-state index contributed by atoms with van der Waals surface area (Å²) in [5.41, 5.74) is 0. The van der Waals surface area contributed by atoms with Gasteiger partial charge in [0.1, 0.15) is 0 Å². The van der Waals surface area contributed by atoms with Crippen LogP contribution in [-0.4, -0.2) is 21.7 Å². The maximum absolute atomic E-state index is 4.86. The Balaban J connectivity index is 2.44. The Kier molecular flexibility index (Phi) is 14.5. The van der Waals surface area contributed by atoms with Gasteiger partial charge in [0, 0.05) is 11.5 Å². The van der Waals surface area contributed by atoms with Gasteiger partial charge in [0.2, 0.25) is 0 Å². The van der Waals surface area contributed by atoms with Crippen LogP contribution in [0.1, 0.15) is 90.9 Å². The third-order valence-electron chi connectivity index (χ3n) is 4.51. The highest BCUT2D eigenvalue weighted by atomic mass is 33.5. The molecule has 0 spiro atoms. The van der Waals surface area contributed by atoms with Gasteiger partial charge in [0.25, 0.3) is 0 Å². The predicted molar refractivity (Wildman–Crippen MR) is 144 cm³/mol. The first-order chi connectivity index (χ1) is 12.8. The van der Waals surface area contributed by atoms with E-state index in [0.717, 1.165) is 20.2 Å². The molecular formula is C18H38N2S7. The first-order valence-electron chi connectivity index (χ1n) is 10.2. The van der Waals surface area contributed by atoms with Gasteiger partial charge in [0.05, 0.1) is 0 Å². The van der Waals surface area contributed by atoms with Crippen molar-refractivity contribution in [1.82, 2.24) is 10.2 Å². The highest BCUT2D eigenvalue weighted by Crippen LogP contribution is 2.70. The van der Waals surface area contributed by atoms with Gasteiger partial charge in [-0.25, -0.2) is 0 Å². The van der Waals surface area contributed by atoms with Crippen LogP contribution in [0, 0.1) is 0 Å². The number of thiol groups is 4. The van der Waals surface area contributed by atoms with E-state index in [0.29, 0.717) is 0 Å². The Morgan fingerprint density at radius 1 is 0.593 bits per heavy atom. The average Bonchev–Trinajstić information content (AvgIpc) is 3.13. The molecule has 0 saturated heterocycles. The van der Waals surface area contributed by atoms with E-state index in [2.05, 4.69) is 24.0 Å². The monoisotopic (exact) mass is 506 g/mol. The number of nitrogens with zero attached hydrogens (tertiary/aromatic N) is 2. The lowest BCUT2D eigenvalue weighted by Gasteiger charge is -2.26. The van der Waals surface area contributed by atoms with Gasteiger partial charge in [-0.2, -0.15) is 0 Å². The van der Waals surface area contributed by atoms with Gasteiger partial charge in [-0.15, -0.1) is 56.8 Å². The summed E-state index contributed by atoms with van der Waals surface area (Å²) in [6.45, 7) is 4.50. The molecule has 9 heteroatoms. The van der Waals surface area contributed by atoms with E-state index in [4.69, 9.17) is 46.6 Å². The van der Waals surface area contributed by atoms with Crippen molar-refractivity contribution in [2.24, 2.45) is 0 Å². The Bertz CT molecular complexity index is 463. The van der Waals surface area contributed by atoms with E-state index in [9.17, 15) is 0 Å². The van der Waals surface area contributed by atoms with Crippen molar-refractivity contribution >= 4 is 74.2 Å². The quantitative estimate of drug-likeness (QED) is 0.102. The van der Waals surface area contributed by atoms with E-state index in [1.807, 2.05) is 0 Å². The van der Waals surface area contributed by atoms with Crippen molar-refractivity contribution in [3.05, 3.63) is 0 Å². The average molecular weight is 507 g/mol. The second kappa shape index (κ2) is 14.6. The second-order valence-electron chi connectivity index (χ2n) is 7.11. The van der Waals surface area contributed by atoms with Crippen molar-refractivity contribution < 1.29 is 0 Å². The fraction of sp³-hybridized carbons (Fsp3) is 0.889. The summed E-state index contributed by atoms with van der Waals surface area (Å²) in [4.78, 5) is 0. The zero-order valence-electron chi connectivity index (χ0n) is 16.8. The number of unbranched alkanes of at least 4 members (excludes halogenated alkanes) is 10. The van der Waals surface area contributed by atoms with Crippen LogP contribution >= 0.6 is 74.2 Å². The highest BCUT2D eigenvalue weighted by Gasteiger charge is 2.27. The van der Waals surface area contributed by atoms with E-state index in [1.54, 1.807) is 11.3 Å². The fourth-order valence-electron chi connectivity index (χ4n) is 2.80. The molecule has 1 rings (SSSR count). The molecule has 0 saturated carbocycles. The lowest BCUT2D eigenvalue weighted by atomic mass is 10.1. The number of hydrogen-bond donors (Lipinski definition) is 4. The third kappa shape index (κ3) is 11.0. The van der Waals surface area contributed by atoms with Crippen molar-refractivity contribution in [3.63, 3.8) is 0 Å². The summed E-state index contributed by atoms with van der Waals surface area (Å²) in [5.74, 6) is 2.00. The van der Waals surface area contributed by atoms with E-state index in [-0.39, 0.29) is 0 Å². The molecule has 0 N–H and O–H groups in total. The van der Waals surface area contributed by atoms with Crippen LogP contribution in [-0.2, 0) is 0 Å². The van der Waals surface area contributed by atoms with E-state index < -0.39 is 16.2 Å². The number of rotatable bonds is 16. The van der Waals surface area contributed by atoms with E-state index in [1.165, 1.54) is 77.0 Å². The summed E-state index contributed by atoms with van der Waals surface area (Å²) in [5, 5.41) is 8.85. The van der Waals surface area contributed by atoms with Gasteiger partial charge >= 0.3 is 0 Å². The maximum Gasteiger partial charge on any atom is 0.175 e. The summed E-state index contributed by atoms with van der Waals surface area (Å²) in [6.07, 6.45) is 15.4. The van der Waals surface area contributed by atoms with Crippen LogP contribution in [0.3, 0.4) is 0 Å². The molecule has 2 nitrogen and oxygen atoms in total. The summed E-state index contributed by atoms with van der Waals surface area (Å²) in [6, 6.07) is 0. The molecule has 0 aliphatic rings. The summed E-state index contributed by atoms with van der Waals surface area (Å²) >= 11 is 21.1. The van der Waals surface area contributed by atoms with Gasteiger partial charge in [-0.3, -0.25) is 0 Å². The lowest BCUT2D eigenvalue weighted by molar-refractivity contribution is 0.626. The van der Waals surface area contributed by atoms with E-state index >= 15 is 0 Å². The lowest BCUT2D eigenvalue weighted by Crippen LogP contribution is -1.93. The molecule has 0 aliphatic heterocycles. The van der Waals surface area contributed by atoms with Gasteiger partial charge < -0.3 is 0 Å². The van der Waals surface area contributed by atoms with Crippen LogP contribution in [0.5, 0.6) is 0 Å². The molecule has 0 unspecified atom stereocenters. The van der Waals surface area contributed by atoms with Crippen LogP contribution in [0.15, 0.2) is 8.68 Å². The minimum absolute atomic E-state index is 0.973. The Labute approximate surface area is 194 Å². The molecule has 1 aromatic rings. The van der Waals surface area contributed by atoms with Gasteiger partial charge in [0.15, 0.2) is 8.68 Å². The Hall–Kier alpha value is 1.66. The SMILES string of the molecule is CCCCCCCCS(S)(S)c1nnc(S(S)(S)CCCCCCCC)s1. The van der Waals surface area contributed by atoms with Gasteiger partial charge in [-0.05, 0) is 12.8 Å². The number of hydrogen-bond acceptors (Lipinski definition) is 7.